The van der Waals surface area contributed by atoms with Crippen molar-refractivity contribution in [2.45, 2.75) is 23.0 Å². The van der Waals surface area contributed by atoms with Crippen LogP contribution in [-0.2, 0) is 16.6 Å². The predicted octanol–water partition coefficient (Wildman–Crippen LogP) is -1.07. The number of aliphatic hydroxyl groups excluding tert-OH is 2. The molecule has 1 aromatic rings. The average molecular weight is 278 g/mol. The Labute approximate surface area is 103 Å². The zero-order chi connectivity index (χ0) is 12.6. The number of nitrogens with zero attached hydrogens (tertiary/aromatic N) is 1. The quantitative estimate of drug-likeness (QED) is 0.653. The third-order valence-corrected chi connectivity index (χ3v) is 6.06. The van der Waals surface area contributed by atoms with Gasteiger partial charge in [0.1, 0.15) is 4.21 Å². The molecular weight excluding hydrogens is 264 g/mol. The standard InChI is InChI=1S/C9H14N2O4S2/c10-3-6-1-2-9(16-6)17(14,15)11-4-7(12)8(13)5-11/h1-2,7-8,12-13H,3-5,10H2. The molecule has 96 valence electrons. The van der Waals surface area contributed by atoms with Crippen LogP contribution in [0.1, 0.15) is 4.88 Å². The zero-order valence-electron chi connectivity index (χ0n) is 8.98. The monoisotopic (exact) mass is 278 g/mol. The molecule has 0 aromatic carbocycles. The van der Waals surface area contributed by atoms with E-state index in [1.165, 1.54) is 6.07 Å². The fourth-order valence-electron chi connectivity index (χ4n) is 1.67. The first-order chi connectivity index (χ1) is 7.95. The highest BCUT2D eigenvalue weighted by atomic mass is 32.2. The molecule has 0 amide bonds. The number of rotatable bonds is 3. The summed E-state index contributed by atoms with van der Waals surface area (Å²) in [6.07, 6.45) is -2.03. The summed E-state index contributed by atoms with van der Waals surface area (Å²) >= 11 is 1.11. The van der Waals surface area contributed by atoms with Gasteiger partial charge in [0.25, 0.3) is 10.0 Å². The summed E-state index contributed by atoms with van der Waals surface area (Å²) in [5.74, 6) is 0. The Bertz CT molecular complexity index is 489. The minimum atomic E-state index is -3.62. The third-order valence-electron chi connectivity index (χ3n) is 2.66. The summed E-state index contributed by atoms with van der Waals surface area (Å²) in [5.41, 5.74) is 5.43. The Morgan fingerprint density at radius 2 is 1.94 bits per heavy atom. The van der Waals surface area contributed by atoms with E-state index in [4.69, 9.17) is 5.73 Å². The van der Waals surface area contributed by atoms with E-state index >= 15 is 0 Å². The van der Waals surface area contributed by atoms with Crippen LogP contribution in [0.2, 0.25) is 0 Å². The summed E-state index contributed by atoms with van der Waals surface area (Å²) in [6.45, 7) is 0.157. The SMILES string of the molecule is NCc1ccc(S(=O)(=O)N2CC(O)C(O)C2)s1. The first kappa shape index (κ1) is 12.9. The summed E-state index contributed by atoms with van der Waals surface area (Å²) < 4.78 is 25.5. The van der Waals surface area contributed by atoms with Crippen LogP contribution in [0.4, 0.5) is 0 Å². The number of β-amino-alcohol motifs (C(OH)–C–C–N with tert-alkyl or cyclic N) is 2. The molecule has 1 aromatic heterocycles. The lowest BCUT2D eigenvalue weighted by Gasteiger charge is -2.13. The highest BCUT2D eigenvalue weighted by Gasteiger charge is 2.38. The summed E-state index contributed by atoms with van der Waals surface area (Å²) in [5, 5.41) is 18.7. The Balaban J connectivity index is 2.25. The lowest BCUT2D eigenvalue weighted by molar-refractivity contribution is 0.0572. The molecule has 2 atom stereocenters. The van der Waals surface area contributed by atoms with Gasteiger partial charge in [-0.15, -0.1) is 11.3 Å². The summed E-state index contributed by atoms with van der Waals surface area (Å²) in [7, 11) is -3.62. The lowest BCUT2D eigenvalue weighted by atomic mass is 10.3. The number of sulfonamides is 1. The molecule has 6 nitrogen and oxygen atoms in total. The van der Waals surface area contributed by atoms with Crippen LogP contribution in [0.25, 0.3) is 0 Å². The van der Waals surface area contributed by atoms with Crippen LogP contribution in [0.15, 0.2) is 16.3 Å². The van der Waals surface area contributed by atoms with E-state index in [1.807, 2.05) is 0 Å². The zero-order valence-corrected chi connectivity index (χ0v) is 10.6. The van der Waals surface area contributed by atoms with Gasteiger partial charge in [-0.1, -0.05) is 0 Å². The van der Waals surface area contributed by atoms with Crippen LogP contribution in [-0.4, -0.2) is 48.2 Å². The summed E-state index contributed by atoms with van der Waals surface area (Å²) in [6, 6.07) is 3.17. The second-order valence-electron chi connectivity index (χ2n) is 3.88. The molecule has 4 N–H and O–H groups in total. The van der Waals surface area contributed by atoms with Gasteiger partial charge in [-0.3, -0.25) is 0 Å². The topological polar surface area (TPSA) is 104 Å². The maximum Gasteiger partial charge on any atom is 0.252 e. The Kier molecular flexibility index (Phi) is 3.53. The maximum atomic E-state index is 12.1. The summed E-state index contributed by atoms with van der Waals surface area (Å²) in [4.78, 5) is 0.781. The fourth-order valence-corrected chi connectivity index (χ4v) is 4.53. The average Bonchev–Trinajstić information content (AvgIpc) is 2.87. The van der Waals surface area contributed by atoms with E-state index in [-0.39, 0.29) is 17.3 Å². The van der Waals surface area contributed by atoms with Crippen molar-refractivity contribution in [2.24, 2.45) is 5.73 Å². The van der Waals surface area contributed by atoms with Crippen LogP contribution in [0.5, 0.6) is 0 Å². The molecule has 17 heavy (non-hydrogen) atoms. The van der Waals surface area contributed by atoms with E-state index in [9.17, 15) is 18.6 Å². The van der Waals surface area contributed by atoms with E-state index in [0.29, 0.717) is 6.54 Å². The smallest absolute Gasteiger partial charge is 0.252 e. The van der Waals surface area contributed by atoms with Gasteiger partial charge < -0.3 is 15.9 Å². The molecular formula is C9H14N2O4S2. The van der Waals surface area contributed by atoms with E-state index < -0.39 is 22.2 Å². The second-order valence-corrected chi connectivity index (χ2v) is 7.21. The molecule has 1 fully saturated rings. The first-order valence-corrected chi connectivity index (χ1v) is 7.36. The molecule has 0 saturated carbocycles. The number of hydrogen-bond donors (Lipinski definition) is 3. The van der Waals surface area contributed by atoms with Crippen LogP contribution in [0.3, 0.4) is 0 Å². The van der Waals surface area contributed by atoms with E-state index in [0.717, 1.165) is 20.5 Å². The molecule has 0 spiro atoms. The Morgan fingerprint density at radius 3 is 2.41 bits per heavy atom. The van der Waals surface area contributed by atoms with Crippen molar-refractivity contribution >= 4 is 21.4 Å². The van der Waals surface area contributed by atoms with Crippen LogP contribution in [0, 0.1) is 0 Å². The van der Waals surface area contributed by atoms with Crippen LogP contribution < -0.4 is 5.73 Å². The maximum absolute atomic E-state index is 12.1. The number of hydrogen-bond acceptors (Lipinski definition) is 6. The second kappa shape index (κ2) is 4.63. The van der Waals surface area contributed by atoms with E-state index in [1.54, 1.807) is 6.07 Å². The van der Waals surface area contributed by atoms with Gasteiger partial charge in [-0.05, 0) is 12.1 Å². The molecule has 0 radical (unpaired) electrons. The van der Waals surface area contributed by atoms with Gasteiger partial charge in [-0.25, -0.2) is 8.42 Å². The normalized spacial score (nSPS) is 26.5. The molecule has 2 unspecified atom stereocenters. The highest BCUT2D eigenvalue weighted by Crippen LogP contribution is 2.27. The highest BCUT2D eigenvalue weighted by molar-refractivity contribution is 7.91. The van der Waals surface area contributed by atoms with Crippen molar-refractivity contribution in [3.8, 4) is 0 Å². The number of aliphatic hydroxyl groups is 2. The molecule has 2 heterocycles. The van der Waals surface area contributed by atoms with Gasteiger partial charge in [0.15, 0.2) is 0 Å². The molecule has 2 rings (SSSR count). The fraction of sp³-hybridized carbons (Fsp3) is 0.556. The van der Waals surface area contributed by atoms with Crippen molar-refractivity contribution in [1.29, 1.82) is 0 Å². The Hall–Kier alpha value is -0.510. The van der Waals surface area contributed by atoms with Crippen molar-refractivity contribution in [2.75, 3.05) is 13.1 Å². The first-order valence-electron chi connectivity index (χ1n) is 5.10. The predicted molar refractivity (Wildman–Crippen MR) is 63.0 cm³/mol. The molecule has 1 saturated heterocycles. The number of nitrogens with two attached hydrogens (primary N) is 1. The molecule has 0 aliphatic carbocycles. The Morgan fingerprint density at radius 1 is 1.35 bits per heavy atom. The molecule has 1 aliphatic rings. The van der Waals surface area contributed by atoms with Crippen LogP contribution >= 0.6 is 11.3 Å². The van der Waals surface area contributed by atoms with Crippen molar-refractivity contribution in [1.82, 2.24) is 4.31 Å². The number of thiophene rings is 1. The molecule has 8 heteroatoms. The third kappa shape index (κ3) is 2.37. The van der Waals surface area contributed by atoms with E-state index in [2.05, 4.69) is 0 Å². The van der Waals surface area contributed by atoms with Crippen molar-refractivity contribution < 1.29 is 18.6 Å². The molecule has 1 aliphatic heterocycles. The van der Waals surface area contributed by atoms with Gasteiger partial charge in [0.2, 0.25) is 0 Å². The van der Waals surface area contributed by atoms with Crippen molar-refractivity contribution in [3.63, 3.8) is 0 Å². The lowest BCUT2D eigenvalue weighted by Crippen LogP contribution is -2.29. The van der Waals surface area contributed by atoms with Gasteiger partial charge >= 0.3 is 0 Å². The molecule has 0 bridgehead atoms. The van der Waals surface area contributed by atoms with Crippen molar-refractivity contribution in [3.05, 3.63) is 17.0 Å². The van der Waals surface area contributed by atoms with Gasteiger partial charge in [0, 0.05) is 24.5 Å². The van der Waals surface area contributed by atoms with Gasteiger partial charge in [0.05, 0.1) is 12.2 Å². The minimum Gasteiger partial charge on any atom is -0.389 e. The minimum absolute atomic E-state index is 0.0701. The van der Waals surface area contributed by atoms with Gasteiger partial charge in [-0.2, -0.15) is 4.31 Å². The largest absolute Gasteiger partial charge is 0.389 e.